The van der Waals surface area contributed by atoms with Crippen LogP contribution >= 0.6 is 0 Å². The van der Waals surface area contributed by atoms with Crippen molar-refractivity contribution in [1.82, 2.24) is 0 Å². The number of nitrogens with zero attached hydrogens (tertiary/aromatic N) is 1. The highest BCUT2D eigenvalue weighted by Gasteiger charge is 2.30. The van der Waals surface area contributed by atoms with Crippen LogP contribution in [0.5, 0.6) is 0 Å². The fourth-order valence-electron chi connectivity index (χ4n) is 7.26. The molecule has 0 saturated heterocycles. The third kappa shape index (κ3) is 5.36. The molecule has 0 spiro atoms. The molecule has 2 heteroatoms. The second-order valence-electron chi connectivity index (χ2n) is 15.1. The largest absolute Gasteiger partial charge is 0.454 e. The van der Waals surface area contributed by atoms with Gasteiger partial charge in [-0.2, -0.15) is 0 Å². The van der Waals surface area contributed by atoms with Crippen molar-refractivity contribution in [3.8, 4) is 33.5 Å². The van der Waals surface area contributed by atoms with Crippen molar-refractivity contribution in [1.29, 1.82) is 0 Å². The summed E-state index contributed by atoms with van der Waals surface area (Å²) in [7, 11) is 1.88. The Labute approximate surface area is 282 Å². The molecule has 234 valence electrons. The van der Waals surface area contributed by atoms with E-state index >= 15 is 0 Å². The van der Waals surface area contributed by atoms with Crippen molar-refractivity contribution in [2.45, 2.75) is 85.4 Å². The number of pyridine rings is 1. The Morgan fingerprint density at radius 2 is 1.59 bits per heavy atom. The van der Waals surface area contributed by atoms with Crippen LogP contribution in [0.2, 0.25) is 0 Å². The van der Waals surface area contributed by atoms with E-state index < -0.39 is 18.2 Å². The minimum Gasteiger partial charge on any atom is -0.454 e. The van der Waals surface area contributed by atoms with Crippen molar-refractivity contribution < 1.29 is 15.8 Å². The first-order valence-electron chi connectivity index (χ1n) is 19.1. The summed E-state index contributed by atoms with van der Waals surface area (Å²) in [4.78, 5) is 0. The molecule has 0 amide bonds. The van der Waals surface area contributed by atoms with E-state index in [1.807, 2.05) is 41.9 Å². The Balaban J connectivity index is 1.49. The maximum Gasteiger partial charge on any atom is 0.216 e. The zero-order valence-electron chi connectivity index (χ0n) is 33.3. The zero-order chi connectivity index (χ0) is 36.7. The molecule has 1 aliphatic rings. The lowest BCUT2D eigenvalue weighted by Crippen LogP contribution is -2.31. The van der Waals surface area contributed by atoms with Gasteiger partial charge in [-0.25, -0.2) is 4.57 Å². The van der Waals surface area contributed by atoms with Crippen LogP contribution in [0.25, 0.3) is 55.4 Å². The highest BCUT2D eigenvalue weighted by molar-refractivity contribution is 6.13. The standard InChI is InChI=1S/C44H48NO/c1-28-17-19-36-35-16-12-15-33(31-13-10-9-11-14-31)41(35)46-42(36)40(28)39-26-37(29(2)27-45(39)8)34-20-18-32(25-38(34)43(3,4)5)30-21-23-44(6,7)24-22-30/h9-20,25-27,30H,21-24H2,1-8H3/q+1/i2D3,20D,30D. The fraction of sp³-hybridized carbons (Fsp3) is 0.341. The molecule has 6 aromatic rings. The first-order valence-corrected chi connectivity index (χ1v) is 16.6. The van der Waals surface area contributed by atoms with Crippen LogP contribution in [0.1, 0.15) is 95.3 Å². The monoisotopic (exact) mass is 611 g/mol. The van der Waals surface area contributed by atoms with Crippen molar-refractivity contribution >= 4 is 21.9 Å². The molecule has 46 heavy (non-hydrogen) atoms. The van der Waals surface area contributed by atoms with E-state index in [9.17, 15) is 2.74 Å². The number of aromatic nitrogens is 1. The molecule has 0 radical (unpaired) electrons. The molecule has 0 unspecified atom stereocenters. The molecule has 2 heterocycles. The van der Waals surface area contributed by atoms with Gasteiger partial charge < -0.3 is 4.42 Å². The van der Waals surface area contributed by atoms with E-state index in [-0.39, 0.29) is 17.0 Å². The van der Waals surface area contributed by atoms with E-state index in [1.54, 1.807) is 6.20 Å². The van der Waals surface area contributed by atoms with Gasteiger partial charge in [0.15, 0.2) is 6.20 Å². The molecule has 2 nitrogen and oxygen atoms in total. The zero-order valence-corrected chi connectivity index (χ0v) is 28.3. The first-order chi connectivity index (χ1) is 23.9. The van der Waals surface area contributed by atoms with E-state index in [2.05, 4.69) is 90.1 Å². The third-order valence-electron chi connectivity index (χ3n) is 10.1. The van der Waals surface area contributed by atoms with Crippen LogP contribution in [0.4, 0.5) is 0 Å². The number of para-hydroxylation sites is 1. The summed E-state index contributed by atoms with van der Waals surface area (Å²) in [5, 5.41) is 2.01. The summed E-state index contributed by atoms with van der Waals surface area (Å²) < 4.78 is 53.8. The Kier molecular flexibility index (Phi) is 6.12. The number of rotatable bonds is 4. The minimum absolute atomic E-state index is 0.196. The molecule has 0 N–H and O–H groups in total. The second-order valence-corrected chi connectivity index (χ2v) is 15.1. The van der Waals surface area contributed by atoms with Gasteiger partial charge in [-0.05, 0) is 89.6 Å². The molecular formula is C44H48NO+. The maximum atomic E-state index is 9.56. The predicted octanol–water partition coefficient (Wildman–Crippen LogP) is 12.0. The van der Waals surface area contributed by atoms with Gasteiger partial charge in [-0.3, -0.25) is 0 Å². The van der Waals surface area contributed by atoms with E-state index in [4.69, 9.17) is 8.53 Å². The highest BCUT2D eigenvalue weighted by atomic mass is 16.3. The third-order valence-corrected chi connectivity index (χ3v) is 10.1. The molecule has 1 aliphatic carbocycles. The van der Waals surface area contributed by atoms with Crippen LogP contribution < -0.4 is 4.57 Å². The van der Waals surface area contributed by atoms with Gasteiger partial charge in [-0.15, -0.1) is 0 Å². The predicted molar refractivity (Wildman–Crippen MR) is 194 cm³/mol. The Morgan fingerprint density at radius 1 is 0.848 bits per heavy atom. The van der Waals surface area contributed by atoms with E-state index in [0.29, 0.717) is 11.1 Å². The number of hydrogen-bond donors (Lipinski definition) is 0. The van der Waals surface area contributed by atoms with Crippen LogP contribution in [0, 0.1) is 19.2 Å². The van der Waals surface area contributed by atoms with Crippen LogP contribution in [0.15, 0.2) is 95.5 Å². The Hall–Kier alpha value is -4.17. The molecule has 0 bridgehead atoms. The van der Waals surface area contributed by atoms with Gasteiger partial charge in [0.25, 0.3) is 0 Å². The summed E-state index contributed by atoms with van der Waals surface area (Å²) >= 11 is 0. The molecule has 1 saturated carbocycles. The summed E-state index contributed by atoms with van der Waals surface area (Å²) in [5.41, 5.74) is 9.17. The summed E-state index contributed by atoms with van der Waals surface area (Å²) in [5.74, 6) is -0.780. The van der Waals surface area contributed by atoms with Crippen LogP contribution in [-0.4, -0.2) is 0 Å². The number of hydrogen-bond acceptors (Lipinski definition) is 1. The SMILES string of the molecule is [2H]c1cc(C2([2H])CCC(C)(C)CC2)cc(C(C)(C)C)c1-c1cc(-c2c(C)ccc3c2oc2c(-c4ccccc4)cccc23)[n+](C)cc1C([2H])([2H])[2H]. The topological polar surface area (TPSA) is 17.0 Å². The van der Waals surface area contributed by atoms with Gasteiger partial charge in [0, 0.05) is 33.4 Å². The van der Waals surface area contributed by atoms with E-state index in [0.717, 1.165) is 86.7 Å². The van der Waals surface area contributed by atoms with Crippen LogP contribution in [0.3, 0.4) is 0 Å². The lowest BCUT2D eigenvalue weighted by molar-refractivity contribution is -0.660. The smallest absolute Gasteiger partial charge is 0.216 e. The van der Waals surface area contributed by atoms with Crippen molar-refractivity contribution in [2.24, 2.45) is 12.5 Å². The van der Waals surface area contributed by atoms with E-state index in [1.165, 1.54) is 0 Å². The Morgan fingerprint density at radius 3 is 2.30 bits per heavy atom. The number of benzene rings is 4. The molecule has 2 aromatic heterocycles. The molecule has 4 aromatic carbocycles. The molecular weight excluding hydrogens is 558 g/mol. The number of furan rings is 1. The minimum atomic E-state index is -2.43. The second kappa shape index (κ2) is 11.3. The highest BCUT2D eigenvalue weighted by Crippen LogP contribution is 2.45. The van der Waals surface area contributed by atoms with Gasteiger partial charge >= 0.3 is 0 Å². The van der Waals surface area contributed by atoms with Gasteiger partial charge in [0.1, 0.15) is 18.2 Å². The average Bonchev–Trinajstić information content (AvgIpc) is 3.44. The van der Waals surface area contributed by atoms with Gasteiger partial charge in [0.2, 0.25) is 5.69 Å². The summed E-state index contributed by atoms with van der Waals surface area (Å²) in [6.07, 6.45) is 5.10. The summed E-state index contributed by atoms with van der Waals surface area (Å²) in [6, 6.07) is 26.8. The molecule has 7 rings (SSSR count). The maximum absolute atomic E-state index is 9.56. The Bertz CT molecular complexity index is 2300. The molecule has 1 fully saturated rings. The lowest BCUT2D eigenvalue weighted by atomic mass is 9.70. The van der Waals surface area contributed by atoms with Crippen molar-refractivity contribution in [3.05, 3.63) is 113 Å². The number of fused-ring (bicyclic) bond motifs is 3. The summed E-state index contributed by atoms with van der Waals surface area (Å²) in [6.45, 7) is 10.5. The normalized spacial score (nSPS) is 18.1. The van der Waals surface area contributed by atoms with Crippen molar-refractivity contribution in [2.75, 3.05) is 0 Å². The molecule has 0 atom stereocenters. The van der Waals surface area contributed by atoms with Crippen molar-refractivity contribution in [3.63, 3.8) is 0 Å². The fourth-order valence-corrected chi connectivity index (χ4v) is 7.26. The van der Waals surface area contributed by atoms with Crippen LogP contribution in [-0.2, 0) is 12.5 Å². The average molecular weight is 612 g/mol. The first kappa shape index (κ1) is 25.0. The number of aryl methyl sites for hydroxylation is 3. The van der Waals surface area contributed by atoms with Gasteiger partial charge in [-0.1, -0.05) is 113 Å². The van der Waals surface area contributed by atoms with Gasteiger partial charge in [0.05, 0.1) is 6.93 Å². The quantitative estimate of drug-likeness (QED) is 0.181. The lowest BCUT2D eigenvalue weighted by Gasteiger charge is -2.35. The molecule has 0 aliphatic heterocycles.